The number of hydrogen-bond donors (Lipinski definition) is 1. The highest BCUT2D eigenvalue weighted by molar-refractivity contribution is 7.90. The zero-order valence-electron chi connectivity index (χ0n) is 11.8. The highest BCUT2D eigenvalue weighted by Gasteiger charge is 2.14. The van der Waals surface area contributed by atoms with Crippen LogP contribution in [0.5, 0.6) is 0 Å². The number of rotatable bonds is 5. The Kier molecular flexibility index (Phi) is 4.08. The van der Waals surface area contributed by atoms with Crippen LogP contribution in [0.15, 0.2) is 29.4 Å². The summed E-state index contributed by atoms with van der Waals surface area (Å²) in [6.07, 6.45) is 5.51. The second-order valence-electron chi connectivity index (χ2n) is 4.60. The number of nitrogens with zero attached hydrogens (tertiary/aromatic N) is 3. The molecule has 0 saturated heterocycles. The molecule has 108 valence electrons. The van der Waals surface area contributed by atoms with Crippen LogP contribution in [-0.2, 0) is 29.9 Å². The van der Waals surface area contributed by atoms with Crippen molar-refractivity contribution in [2.75, 3.05) is 11.6 Å². The quantitative estimate of drug-likeness (QED) is 0.902. The number of pyridine rings is 1. The van der Waals surface area contributed by atoms with Gasteiger partial charge >= 0.3 is 0 Å². The van der Waals surface area contributed by atoms with Gasteiger partial charge in [0.2, 0.25) is 0 Å². The third kappa shape index (κ3) is 3.16. The summed E-state index contributed by atoms with van der Waals surface area (Å²) in [5.41, 5.74) is 2.04. The number of hydrogen-bond acceptors (Lipinski definition) is 5. The van der Waals surface area contributed by atoms with Gasteiger partial charge in [-0.3, -0.25) is 4.68 Å². The average Bonchev–Trinajstić information content (AvgIpc) is 2.76. The highest BCUT2D eigenvalue weighted by atomic mass is 32.2. The van der Waals surface area contributed by atoms with Crippen LogP contribution in [0, 0.1) is 0 Å². The fourth-order valence-corrected chi connectivity index (χ4v) is 2.83. The van der Waals surface area contributed by atoms with Crippen molar-refractivity contribution in [3.8, 4) is 0 Å². The molecule has 0 amide bonds. The fourth-order valence-electron chi connectivity index (χ4n) is 2.03. The Morgan fingerprint density at radius 1 is 1.40 bits per heavy atom. The van der Waals surface area contributed by atoms with E-state index in [4.69, 9.17) is 0 Å². The maximum absolute atomic E-state index is 11.7. The van der Waals surface area contributed by atoms with Crippen LogP contribution in [0.25, 0.3) is 0 Å². The van der Waals surface area contributed by atoms with Crippen LogP contribution in [0.1, 0.15) is 18.2 Å². The summed E-state index contributed by atoms with van der Waals surface area (Å²) in [7, 11) is -1.43. The molecule has 0 radical (unpaired) electrons. The van der Waals surface area contributed by atoms with Gasteiger partial charge in [0, 0.05) is 37.8 Å². The van der Waals surface area contributed by atoms with Crippen LogP contribution in [-0.4, -0.2) is 29.4 Å². The molecule has 2 aromatic heterocycles. The predicted molar refractivity (Wildman–Crippen MR) is 77.3 cm³/mol. The van der Waals surface area contributed by atoms with Crippen LogP contribution < -0.4 is 5.32 Å². The molecule has 0 aliphatic rings. The minimum absolute atomic E-state index is 0.210. The van der Waals surface area contributed by atoms with E-state index in [1.165, 1.54) is 6.26 Å². The minimum atomic E-state index is -3.29. The summed E-state index contributed by atoms with van der Waals surface area (Å²) in [6, 6.07) is 3.16. The lowest BCUT2D eigenvalue weighted by molar-refractivity contribution is 0.601. The van der Waals surface area contributed by atoms with Crippen molar-refractivity contribution in [1.82, 2.24) is 14.8 Å². The van der Waals surface area contributed by atoms with E-state index < -0.39 is 9.84 Å². The van der Waals surface area contributed by atoms with Crippen LogP contribution in [0.4, 0.5) is 5.82 Å². The molecule has 0 aliphatic heterocycles. The van der Waals surface area contributed by atoms with Gasteiger partial charge in [0.1, 0.15) is 10.7 Å². The van der Waals surface area contributed by atoms with E-state index in [2.05, 4.69) is 15.4 Å². The van der Waals surface area contributed by atoms with E-state index in [9.17, 15) is 8.42 Å². The first kappa shape index (κ1) is 14.5. The first-order valence-electron chi connectivity index (χ1n) is 6.32. The summed E-state index contributed by atoms with van der Waals surface area (Å²) in [5, 5.41) is 7.43. The number of aromatic nitrogens is 3. The lowest BCUT2D eigenvalue weighted by Crippen LogP contribution is -2.08. The Hall–Kier alpha value is -1.89. The normalized spacial score (nSPS) is 11.6. The van der Waals surface area contributed by atoms with E-state index >= 15 is 0 Å². The van der Waals surface area contributed by atoms with Gasteiger partial charge in [0.25, 0.3) is 0 Å². The maximum Gasteiger partial charge on any atom is 0.179 e. The zero-order chi connectivity index (χ0) is 14.8. The molecular formula is C13H18N4O2S. The molecule has 0 spiro atoms. The lowest BCUT2D eigenvalue weighted by Gasteiger charge is -2.09. The largest absolute Gasteiger partial charge is 0.365 e. The lowest BCUT2D eigenvalue weighted by atomic mass is 10.2. The molecular weight excluding hydrogens is 276 g/mol. The molecule has 2 heterocycles. The van der Waals surface area contributed by atoms with Gasteiger partial charge in [0.05, 0.1) is 5.69 Å². The smallest absolute Gasteiger partial charge is 0.179 e. The van der Waals surface area contributed by atoms with Crippen LogP contribution in [0.3, 0.4) is 0 Å². The summed E-state index contributed by atoms with van der Waals surface area (Å²) in [4.78, 5) is 4.32. The Morgan fingerprint density at radius 2 is 2.15 bits per heavy atom. The molecule has 6 nitrogen and oxygen atoms in total. The fraction of sp³-hybridized carbons (Fsp3) is 0.385. The van der Waals surface area contributed by atoms with Crippen molar-refractivity contribution in [2.45, 2.75) is 24.8 Å². The summed E-state index contributed by atoms with van der Waals surface area (Å²) < 4.78 is 25.1. The third-order valence-corrected chi connectivity index (χ3v) is 4.07. The molecule has 20 heavy (non-hydrogen) atoms. The van der Waals surface area contributed by atoms with Crippen LogP contribution >= 0.6 is 0 Å². The molecule has 2 rings (SSSR count). The van der Waals surface area contributed by atoms with E-state index in [-0.39, 0.29) is 4.90 Å². The molecule has 0 saturated carbocycles. The Labute approximate surface area is 118 Å². The zero-order valence-corrected chi connectivity index (χ0v) is 12.6. The predicted octanol–water partition coefficient (Wildman–Crippen LogP) is 1.39. The number of aryl methyl sites for hydroxylation is 2. The molecule has 0 bridgehead atoms. The average molecular weight is 294 g/mol. The number of anilines is 1. The van der Waals surface area contributed by atoms with E-state index in [0.717, 1.165) is 17.7 Å². The topological polar surface area (TPSA) is 76.9 Å². The van der Waals surface area contributed by atoms with Gasteiger partial charge in [0.15, 0.2) is 9.84 Å². The van der Waals surface area contributed by atoms with E-state index in [1.807, 2.05) is 20.2 Å². The molecule has 7 heteroatoms. The Morgan fingerprint density at radius 3 is 2.80 bits per heavy atom. The number of sulfone groups is 1. The molecule has 0 fully saturated rings. The molecule has 1 N–H and O–H groups in total. The molecule has 0 atom stereocenters. The van der Waals surface area contributed by atoms with Crippen molar-refractivity contribution < 1.29 is 8.42 Å². The third-order valence-electron chi connectivity index (χ3n) is 2.94. The Balaban J connectivity index is 2.23. The van der Waals surface area contributed by atoms with Gasteiger partial charge in [-0.05, 0) is 18.6 Å². The standard InChI is InChI=1S/C13H18N4O2S/c1-4-11-10(9-17(2)16-11)8-15-13-12(20(3,18)19)6-5-7-14-13/h5-7,9H,4,8H2,1-3H3,(H,14,15). The van der Waals surface area contributed by atoms with Gasteiger partial charge < -0.3 is 5.32 Å². The SMILES string of the molecule is CCc1nn(C)cc1CNc1ncccc1S(C)(=O)=O. The monoisotopic (exact) mass is 294 g/mol. The second kappa shape index (κ2) is 5.62. The van der Waals surface area contributed by atoms with Gasteiger partial charge in [-0.25, -0.2) is 13.4 Å². The van der Waals surface area contributed by atoms with Gasteiger partial charge in [-0.1, -0.05) is 6.92 Å². The Bertz CT molecular complexity index is 707. The number of nitrogens with one attached hydrogen (secondary N) is 1. The van der Waals surface area contributed by atoms with Crippen molar-refractivity contribution in [3.05, 3.63) is 35.8 Å². The van der Waals surface area contributed by atoms with Crippen LogP contribution in [0.2, 0.25) is 0 Å². The summed E-state index contributed by atoms with van der Waals surface area (Å²) in [5.74, 6) is 0.376. The van der Waals surface area contributed by atoms with Crippen molar-refractivity contribution in [1.29, 1.82) is 0 Å². The van der Waals surface area contributed by atoms with Crippen molar-refractivity contribution in [3.63, 3.8) is 0 Å². The molecule has 0 aliphatic carbocycles. The summed E-state index contributed by atoms with van der Waals surface area (Å²) >= 11 is 0. The van der Waals surface area contributed by atoms with Crippen molar-refractivity contribution >= 4 is 15.7 Å². The summed E-state index contributed by atoms with van der Waals surface area (Å²) in [6.45, 7) is 2.53. The maximum atomic E-state index is 11.7. The van der Waals surface area contributed by atoms with Gasteiger partial charge in [-0.2, -0.15) is 5.10 Å². The van der Waals surface area contributed by atoms with E-state index in [0.29, 0.717) is 12.4 Å². The van der Waals surface area contributed by atoms with Crippen molar-refractivity contribution in [2.24, 2.45) is 7.05 Å². The first-order chi connectivity index (χ1) is 9.41. The van der Waals surface area contributed by atoms with Gasteiger partial charge in [-0.15, -0.1) is 0 Å². The highest BCUT2D eigenvalue weighted by Crippen LogP contribution is 2.19. The minimum Gasteiger partial charge on any atom is -0.365 e. The molecule has 0 unspecified atom stereocenters. The second-order valence-corrected chi connectivity index (χ2v) is 6.59. The van der Waals surface area contributed by atoms with E-state index in [1.54, 1.807) is 23.0 Å². The molecule has 0 aromatic carbocycles. The first-order valence-corrected chi connectivity index (χ1v) is 8.21. The molecule has 2 aromatic rings.